The van der Waals surface area contributed by atoms with Crippen LogP contribution in [-0.2, 0) is 14.3 Å². The highest BCUT2D eigenvalue weighted by Gasteiger charge is 2.19. The van der Waals surface area contributed by atoms with Gasteiger partial charge in [0.2, 0.25) is 0 Å². The zero-order chi connectivity index (χ0) is 16.1. The van der Waals surface area contributed by atoms with Crippen molar-refractivity contribution in [2.45, 2.75) is 32.8 Å². The minimum absolute atomic E-state index is 0.0348. The lowest BCUT2D eigenvalue weighted by molar-refractivity contribution is -0.124. The van der Waals surface area contributed by atoms with Crippen molar-refractivity contribution < 1.29 is 23.5 Å². The molecule has 0 aliphatic carbocycles. The number of carbonyl (C=O) groups excluding carboxylic acids is 2. The van der Waals surface area contributed by atoms with Crippen molar-refractivity contribution in [3.63, 3.8) is 0 Å². The van der Waals surface area contributed by atoms with Gasteiger partial charge in [-0.15, -0.1) is 0 Å². The smallest absolute Gasteiger partial charge is 0.342 e. The number of amides is 1. The molecule has 7 nitrogen and oxygen atoms in total. The van der Waals surface area contributed by atoms with Crippen LogP contribution in [0.1, 0.15) is 34.5 Å². The molecule has 7 heteroatoms. The van der Waals surface area contributed by atoms with Crippen molar-refractivity contribution in [3.8, 4) is 0 Å². The van der Waals surface area contributed by atoms with Gasteiger partial charge in [-0.3, -0.25) is 4.79 Å². The summed E-state index contributed by atoms with van der Waals surface area (Å²) in [5.74, 6) is -0.905. The van der Waals surface area contributed by atoms with Crippen molar-refractivity contribution in [2.75, 3.05) is 19.8 Å². The van der Waals surface area contributed by atoms with E-state index in [2.05, 4.69) is 5.32 Å². The van der Waals surface area contributed by atoms with E-state index in [1.54, 1.807) is 6.92 Å². The van der Waals surface area contributed by atoms with Crippen LogP contribution in [0.5, 0.6) is 0 Å². The molecule has 2 rings (SSSR count). The molecule has 1 aromatic heterocycles. The maximum absolute atomic E-state index is 12.0. The molecule has 1 aliphatic rings. The number of hydrogen-bond donors (Lipinski definition) is 1. The van der Waals surface area contributed by atoms with E-state index in [9.17, 15) is 14.4 Å². The molecule has 0 radical (unpaired) electrons. The van der Waals surface area contributed by atoms with Crippen molar-refractivity contribution in [1.82, 2.24) is 5.32 Å². The Labute approximate surface area is 127 Å². The van der Waals surface area contributed by atoms with Gasteiger partial charge in [-0.25, -0.2) is 9.59 Å². The first-order valence-corrected chi connectivity index (χ1v) is 7.14. The molecule has 120 valence electrons. The van der Waals surface area contributed by atoms with Crippen LogP contribution in [0.2, 0.25) is 0 Å². The molecule has 0 bridgehead atoms. The van der Waals surface area contributed by atoms with E-state index in [0.717, 1.165) is 12.8 Å². The summed E-state index contributed by atoms with van der Waals surface area (Å²) in [6.45, 7) is 3.85. The number of nitrogens with one attached hydrogen (secondary N) is 1. The lowest BCUT2D eigenvalue weighted by atomic mass is 10.1. The largest absolute Gasteiger partial charge is 0.452 e. The molecular weight excluding hydrogens is 290 g/mol. The Morgan fingerprint density at radius 3 is 2.82 bits per heavy atom. The molecule has 0 aromatic carbocycles. The van der Waals surface area contributed by atoms with Gasteiger partial charge in [0.15, 0.2) is 6.61 Å². The van der Waals surface area contributed by atoms with Gasteiger partial charge in [0, 0.05) is 19.2 Å². The zero-order valence-electron chi connectivity index (χ0n) is 12.6. The first-order valence-electron chi connectivity index (χ1n) is 7.14. The maximum Gasteiger partial charge on any atom is 0.342 e. The van der Waals surface area contributed by atoms with Crippen LogP contribution in [0.4, 0.5) is 0 Å². The standard InChI is InChI=1S/C15H19NO6/c1-9-6-13(18)22-10(2)14(9)15(19)21-8-12(17)16-7-11-4-3-5-20-11/h6,11H,3-5,7-8H2,1-2H3,(H,16,17)/t11-/m1/s1. The molecule has 1 N–H and O–H groups in total. The number of rotatable bonds is 5. The van der Waals surface area contributed by atoms with Gasteiger partial charge in [0.1, 0.15) is 11.3 Å². The number of carbonyl (C=O) groups is 2. The first-order chi connectivity index (χ1) is 10.5. The summed E-state index contributed by atoms with van der Waals surface area (Å²) in [5, 5.41) is 2.66. The Morgan fingerprint density at radius 1 is 1.41 bits per heavy atom. The van der Waals surface area contributed by atoms with E-state index in [0.29, 0.717) is 18.7 Å². The summed E-state index contributed by atoms with van der Waals surface area (Å²) in [7, 11) is 0. The van der Waals surface area contributed by atoms with Gasteiger partial charge in [-0.1, -0.05) is 0 Å². The molecular formula is C15H19NO6. The molecule has 0 unspecified atom stereocenters. The monoisotopic (exact) mass is 309 g/mol. The van der Waals surface area contributed by atoms with Crippen LogP contribution in [0.15, 0.2) is 15.3 Å². The van der Waals surface area contributed by atoms with Crippen LogP contribution in [0.3, 0.4) is 0 Å². The Balaban J connectivity index is 1.84. The van der Waals surface area contributed by atoms with Crippen LogP contribution in [0.25, 0.3) is 0 Å². The minimum Gasteiger partial charge on any atom is -0.452 e. The minimum atomic E-state index is -0.689. The maximum atomic E-state index is 12.0. The number of aryl methyl sites for hydroxylation is 2. The normalized spacial score (nSPS) is 17.3. The van der Waals surface area contributed by atoms with E-state index in [-0.39, 0.29) is 24.0 Å². The van der Waals surface area contributed by atoms with E-state index in [1.807, 2.05) is 0 Å². The van der Waals surface area contributed by atoms with Gasteiger partial charge in [0.25, 0.3) is 5.91 Å². The van der Waals surface area contributed by atoms with E-state index in [1.165, 1.54) is 13.0 Å². The molecule has 2 heterocycles. The van der Waals surface area contributed by atoms with Gasteiger partial charge in [-0.05, 0) is 32.3 Å². The third-order valence-corrected chi connectivity index (χ3v) is 3.42. The van der Waals surface area contributed by atoms with E-state index < -0.39 is 17.5 Å². The quantitative estimate of drug-likeness (QED) is 0.805. The summed E-state index contributed by atoms with van der Waals surface area (Å²) in [6, 6.07) is 1.21. The van der Waals surface area contributed by atoms with Crippen LogP contribution in [-0.4, -0.2) is 37.7 Å². The third kappa shape index (κ3) is 4.17. The van der Waals surface area contributed by atoms with Crippen molar-refractivity contribution >= 4 is 11.9 Å². The molecule has 1 atom stereocenters. The molecule has 1 fully saturated rings. The lowest BCUT2D eigenvalue weighted by Gasteiger charge is -2.11. The molecule has 0 saturated carbocycles. The molecule has 22 heavy (non-hydrogen) atoms. The highest BCUT2D eigenvalue weighted by molar-refractivity contribution is 5.93. The highest BCUT2D eigenvalue weighted by Crippen LogP contribution is 2.12. The Bertz CT molecular complexity index is 589. The predicted molar refractivity (Wildman–Crippen MR) is 76.7 cm³/mol. The molecule has 1 aromatic rings. The second-order valence-electron chi connectivity index (χ2n) is 5.19. The second kappa shape index (κ2) is 7.22. The fourth-order valence-electron chi connectivity index (χ4n) is 2.35. The number of esters is 1. The molecule has 1 amide bonds. The highest BCUT2D eigenvalue weighted by atomic mass is 16.5. The Hall–Kier alpha value is -2.15. The average molecular weight is 309 g/mol. The average Bonchev–Trinajstić information content (AvgIpc) is 2.95. The fraction of sp³-hybridized carbons (Fsp3) is 0.533. The van der Waals surface area contributed by atoms with Gasteiger partial charge in [-0.2, -0.15) is 0 Å². The van der Waals surface area contributed by atoms with Crippen molar-refractivity contribution in [3.05, 3.63) is 33.4 Å². The summed E-state index contributed by atoms with van der Waals surface area (Å²) in [5.41, 5.74) is 0.103. The topological polar surface area (TPSA) is 94.8 Å². The van der Waals surface area contributed by atoms with Crippen LogP contribution >= 0.6 is 0 Å². The van der Waals surface area contributed by atoms with Crippen LogP contribution < -0.4 is 10.9 Å². The second-order valence-corrected chi connectivity index (χ2v) is 5.19. The lowest BCUT2D eigenvalue weighted by Crippen LogP contribution is -2.35. The summed E-state index contributed by atoms with van der Waals surface area (Å²) < 4.78 is 15.2. The summed E-state index contributed by atoms with van der Waals surface area (Å²) >= 11 is 0. The Morgan fingerprint density at radius 2 is 2.18 bits per heavy atom. The fourth-order valence-corrected chi connectivity index (χ4v) is 2.35. The number of hydrogen-bond acceptors (Lipinski definition) is 6. The third-order valence-electron chi connectivity index (χ3n) is 3.42. The van der Waals surface area contributed by atoms with Gasteiger partial charge >= 0.3 is 11.6 Å². The SMILES string of the molecule is Cc1cc(=O)oc(C)c1C(=O)OCC(=O)NC[C@H]1CCCO1. The molecule has 1 aliphatic heterocycles. The van der Waals surface area contributed by atoms with Crippen LogP contribution in [0, 0.1) is 13.8 Å². The van der Waals surface area contributed by atoms with E-state index >= 15 is 0 Å². The Kier molecular flexibility index (Phi) is 5.32. The van der Waals surface area contributed by atoms with E-state index in [4.69, 9.17) is 13.9 Å². The molecule has 1 saturated heterocycles. The van der Waals surface area contributed by atoms with Gasteiger partial charge in [0.05, 0.1) is 6.10 Å². The zero-order valence-corrected chi connectivity index (χ0v) is 12.6. The number of ether oxygens (including phenoxy) is 2. The van der Waals surface area contributed by atoms with Crippen molar-refractivity contribution in [2.24, 2.45) is 0 Å². The summed E-state index contributed by atoms with van der Waals surface area (Å²) in [6.07, 6.45) is 1.95. The summed E-state index contributed by atoms with van der Waals surface area (Å²) in [4.78, 5) is 34.8. The van der Waals surface area contributed by atoms with Gasteiger partial charge < -0.3 is 19.2 Å². The van der Waals surface area contributed by atoms with Crippen molar-refractivity contribution in [1.29, 1.82) is 0 Å². The molecule has 0 spiro atoms. The first kappa shape index (κ1) is 16.2. The predicted octanol–water partition coefficient (Wildman–Crippen LogP) is 0.709.